The second-order valence-corrected chi connectivity index (χ2v) is 4.78. The molecule has 14 heavy (non-hydrogen) atoms. The van der Waals surface area contributed by atoms with Crippen LogP contribution < -0.4 is 0 Å². The van der Waals surface area contributed by atoms with Crippen LogP contribution in [0.4, 0.5) is 0 Å². The van der Waals surface area contributed by atoms with E-state index in [1.165, 1.54) is 19.3 Å². The Bertz CT molecular complexity index is 167. The number of hydrogen-bond donors (Lipinski definition) is 0. The highest BCUT2D eigenvalue weighted by Gasteiger charge is 2.15. The smallest absolute Gasteiger partial charge is 0.203 e. The van der Waals surface area contributed by atoms with Crippen molar-refractivity contribution in [3.63, 3.8) is 0 Å². The van der Waals surface area contributed by atoms with Gasteiger partial charge in [0.25, 0.3) is 0 Å². The number of nitrogens with zero attached hydrogens (tertiary/aromatic N) is 1. The molecule has 0 radical (unpaired) electrons. The minimum absolute atomic E-state index is 0.133. The lowest BCUT2D eigenvalue weighted by atomic mass is 9.83. The Labute approximate surface area is 87.0 Å². The Morgan fingerprint density at radius 1 is 1.14 bits per heavy atom. The third-order valence-electron chi connectivity index (χ3n) is 2.62. The SMILES string of the molecule is CCCC(C)(C)CCCCC[N+](=O)[O-]. The maximum atomic E-state index is 10.1. The summed E-state index contributed by atoms with van der Waals surface area (Å²) in [5.74, 6) is 0. The number of rotatable bonds is 8. The summed E-state index contributed by atoms with van der Waals surface area (Å²) >= 11 is 0. The van der Waals surface area contributed by atoms with Gasteiger partial charge in [-0.25, -0.2) is 0 Å². The Hall–Kier alpha value is -0.600. The maximum absolute atomic E-state index is 10.1. The van der Waals surface area contributed by atoms with Gasteiger partial charge in [-0.1, -0.05) is 33.6 Å². The van der Waals surface area contributed by atoms with Crippen LogP contribution in [0, 0.1) is 15.5 Å². The quantitative estimate of drug-likeness (QED) is 0.342. The molecule has 0 fully saturated rings. The average Bonchev–Trinajstić information content (AvgIpc) is 2.02. The zero-order chi connectivity index (χ0) is 11.0. The molecule has 84 valence electrons. The lowest BCUT2D eigenvalue weighted by Crippen LogP contribution is -2.10. The van der Waals surface area contributed by atoms with E-state index in [-0.39, 0.29) is 11.5 Å². The predicted molar refractivity (Wildman–Crippen MR) is 59.0 cm³/mol. The third-order valence-corrected chi connectivity index (χ3v) is 2.62. The van der Waals surface area contributed by atoms with E-state index >= 15 is 0 Å². The van der Waals surface area contributed by atoms with Gasteiger partial charge in [0, 0.05) is 11.3 Å². The van der Waals surface area contributed by atoms with Gasteiger partial charge in [0.2, 0.25) is 6.54 Å². The van der Waals surface area contributed by atoms with Crippen LogP contribution in [0.25, 0.3) is 0 Å². The van der Waals surface area contributed by atoms with Gasteiger partial charge in [-0.05, 0) is 24.7 Å². The second kappa shape index (κ2) is 6.80. The first-order chi connectivity index (χ1) is 6.48. The molecule has 0 aromatic heterocycles. The Balaban J connectivity index is 3.39. The van der Waals surface area contributed by atoms with Crippen molar-refractivity contribution >= 4 is 0 Å². The number of hydrogen-bond acceptors (Lipinski definition) is 2. The van der Waals surface area contributed by atoms with Crippen LogP contribution in [0.15, 0.2) is 0 Å². The fourth-order valence-electron chi connectivity index (χ4n) is 1.82. The van der Waals surface area contributed by atoms with E-state index in [0.717, 1.165) is 19.3 Å². The zero-order valence-electron chi connectivity index (χ0n) is 9.71. The van der Waals surface area contributed by atoms with E-state index < -0.39 is 0 Å². The maximum Gasteiger partial charge on any atom is 0.203 e. The van der Waals surface area contributed by atoms with E-state index in [1.54, 1.807) is 0 Å². The first-order valence-corrected chi connectivity index (χ1v) is 5.60. The zero-order valence-corrected chi connectivity index (χ0v) is 9.71. The molecular formula is C11H23NO2. The van der Waals surface area contributed by atoms with E-state index in [2.05, 4.69) is 20.8 Å². The molecule has 0 aromatic carbocycles. The summed E-state index contributed by atoms with van der Waals surface area (Å²) in [7, 11) is 0. The van der Waals surface area contributed by atoms with Crippen molar-refractivity contribution in [2.24, 2.45) is 5.41 Å². The van der Waals surface area contributed by atoms with E-state index in [0.29, 0.717) is 5.41 Å². The summed E-state index contributed by atoms with van der Waals surface area (Å²) in [6.07, 6.45) is 6.52. The van der Waals surface area contributed by atoms with Gasteiger partial charge in [-0.15, -0.1) is 0 Å². The molecule has 0 N–H and O–H groups in total. The number of nitro groups is 1. The average molecular weight is 201 g/mol. The normalized spacial score (nSPS) is 11.6. The largest absolute Gasteiger partial charge is 0.265 e. The molecule has 0 saturated heterocycles. The first kappa shape index (κ1) is 13.4. The van der Waals surface area contributed by atoms with Crippen LogP contribution >= 0.6 is 0 Å². The second-order valence-electron chi connectivity index (χ2n) is 4.78. The number of unbranched alkanes of at least 4 members (excludes halogenated alkanes) is 2. The summed E-state index contributed by atoms with van der Waals surface area (Å²) in [6, 6.07) is 0. The van der Waals surface area contributed by atoms with Gasteiger partial charge in [0.1, 0.15) is 0 Å². The molecule has 0 saturated carbocycles. The molecule has 0 rings (SSSR count). The molecular weight excluding hydrogens is 178 g/mol. The summed E-state index contributed by atoms with van der Waals surface area (Å²) in [4.78, 5) is 9.84. The van der Waals surface area contributed by atoms with Crippen molar-refractivity contribution in [2.45, 2.75) is 59.3 Å². The third kappa shape index (κ3) is 8.02. The van der Waals surface area contributed by atoms with Crippen LogP contribution in [-0.2, 0) is 0 Å². The lowest BCUT2D eigenvalue weighted by molar-refractivity contribution is -0.480. The Kier molecular flexibility index (Phi) is 6.50. The van der Waals surface area contributed by atoms with Gasteiger partial charge in [0.15, 0.2) is 0 Å². The molecule has 0 amide bonds. The van der Waals surface area contributed by atoms with Crippen molar-refractivity contribution in [3.05, 3.63) is 10.1 Å². The van der Waals surface area contributed by atoms with Crippen LogP contribution in [0.1, 0.15) is 59.3 Å². The Morgan fingerprint density at radius 3 is 2.29 bits per heavy atom. The lowest BCUT2D eigenvalue weighted by Gasteiger charge is -2.23. The van der Waals surface area contributed by atoms with Crippen LogP contribution in [0.5, 0.6) is 0 Å². The van der Waals surface area contributed by atoms with Crippen molar-refractivity contribution < 1.29 is 4.92 Å². The molecule has 0 heterocycles. The van der Waals surface area contributed by atoms with Crippen molar-refractivity contribution in [1.29, 1.82) is 0 Å². The van der Waals surface area contributed by atoms with Crippen LogP contribution in [0.3, 0.4) is 0 Å². The fraction of sp³-hybridized carbons (Fsp3) is 1.00. The van der Waals surface area contributed by atoms with Crippen molar-refractivity contribution in [3.8, 4) is 0 Å². The highest BCUT2D eigenvalue weighted by atomic mass is 16.6. The first-order valence-electron chi connectivity index (χ1n) is 5.60. The van der Waals surface area contributed by atoms with E-state index in [9.17, 15) is 10.1 Å². The van der Waals surface area contributed by atoms with Gasteiger partial charge < -0.3 is 0 Å². The molecule has 0 unspecified atom stereocenters. The highest BCUT2D eigenvalue weighted by Crippen LogP contribution is 2.28. The molecule has 0 aliphatic heterocycles. The fourth-order valence-corrected chi connectivity index (χ4v) is 1.82. The van der Waals surface area contributed by atoms with Crippen LogP contribution in [0.2, 0.25) is 0 Å². The van der Waals surface area contributed by atoms with Crippen molar-refractivity contribution in [2.75, 3.05) is 6.54 Å². The minimum atomic E-state index is -0.225. The van der Waals surface area contributed by atoms with E-state index in [1.807, 2.05) is 0 Å². The molecule has 3 nitrogen and oxygen atoms in total. The van der Waals surface area contributed by atoms with Crippen molar-refractivity contribution in [1.82, 2.24) is 0 Å². The summed E-state index contributed by atoms with van der Waals surface area (Å²) < 4.78 is 0. The summed E-state index contributed by atoms with van der Waals surface area (Å²) in [5, 5.41) is 10.1. The molecule has 0 aliphatic carbocycles. The molecule has 0 atom stereocenters. The molecule has 0 spiro atoms. The van der Waals surface area contributed by atoms with Gasteiger partial charge in [-0.2, -0.15) is 0 Å². The standard InChI is InChI=1S/C11H23NO2/c1-4-8-11(2,3)9-6-5-7-10-12(13)14/h4-10H2,1-3H3. The monoisotopic (exact) mass is 201 g/mol. The van der Waals surface area contributed by atoms with E-state index in [4.69, 9.17) is 0 Å². The van der Waals surface area contributed by atoms with Gasteiger partial charge >= 0.3 is 0 Å². The van der Waals surface area contributed by atoms with Gasteiger partial charge in [-0.3, -0.25) is 10.1 Å². The predicted octanol–water partition coefficient (Wildman–Crippen LogP) is 3.65. The molecule has 0 aliphatic rings. The summed E-state index contributed by atoms with van der Waals surface area (Å²) in [5.41, 5.74) is 0.420. The van der Waals surface area contributed by atoms with Gasteiger partial charge in [0.05, 0.1) is 0 Å². The van der Waals surface area contributed by atoms with Crippen LogP contribution in [-0.4, -0.2) is 11.5 Å². The molecule has 3 heteroatoms. The molecule has 0 aromatic rings. The topological polar surface area (TPSA) is 43.1 Å². The highest BCUT2D eigenvalue weighted by molar-refractivity contribution is 4.67. The minimum Gasteiger partial charge on any atom is -0.265 e. The summed E-state index contributed by atoms with van der Waals surface area (Å²) in [6.45, 7) is 6.90. The Morgan fingerprint density at radius 2 is 1.79 bits per heavy atom. The molecule has 0 bridgehead atoms.